The number of nitriles is 1. The zero-order chi connectivity index (χ0) is 30.2. The average molecular weight is 633 g/mol. The Kier molecular flexibility index (Phi) is 6.60. The first-order valence-corrected chi connectivity index (χ1v) is 17.7. The van der Waals surface area contributed by atoms with Crippen LogP contribution in [-0.2, 0) is 9.53 Å². The van der Waals surface area contributed by atoms with Gasteiger partial charge >= 0.3 is 5.97 Å². The van der Waals surface area contributed by atoms with Crippen LogP contribution in [0.5, 0.6) is 0 Å². The number of anilines is 2. The van der Waals surface area contributed by atoms with Crippen LogP contribution >= 0.6 is 34.0 Å². The Bertz CT molecular complexity index is 1950. The van der Waals surface area contributed by atoms with E-state index in [1.807, 2.05) is 17.4 Å². The summed E-state index contributed by atoms with van der Waals surface area (Å²) in [6.45, 7) is 5.41. The van der Waals surface area contributed by atoms with E-state index in [4.69, 9.17) is 4.74 Å². The van der Waals surface area contributed by atoms with Gasteiger partial charge in [-0.2, -0.15) is 5.26 Å². The van der Waals surface area contributed by atoms with Gasteiger partial charge in [0.2, 0.25) is 0 Å². The lowest BCUT2D eigenvalue weighted by Crippen LogP contribution is -2.35. The number of hydrogen-bond acceptors (Lipinski definition) is 7. The zero-order valence-corrected chi connectivity index (χ0v) is 27.3. The fraction of sp³-hybridized carbons (Fsp3) is 0.297. The smallest absolute Gasteiger partial charge is 0.349 e. The molecule has 4 heterocycles. The molecule has 2 aliphatic carbocycles. The number of fused-ring (bicyclic) bond motifs is 8. The number of hydrogen-bond donors (Lipinski definition) is 0. The Labute approximate surface area is 269 Å². The number of esters is 1. The molecular formula is C37H32N2O2S3. The summed E-state index contributed by atoms with van der Waals surface area (Å²) in [5.74, 6) is 1.65. The van der Waals surface area contributed by atoms with E-state index in [-0.39, 0.29) is 5.57 Å². The molecule has 4 atom stereocenters. The van der Waals surface area contributed by atoms with Gasteiger partial charge in [0.25, 0.3) is 0 Å². The van der Waals surface area contributed by atoms with Gasteiger partial charge in [-0.15, -0.1) is 34.0 Å². The van der Waals surface area contributed by atoms with Crippen LogP contribution in [0.25, 0.3) is 35.7 Å². The van der Waals surface area contributed by atoms with E-state index in [1.165, 1.54) is 50.8 Å². The van der Waals surface area contributed by atoms with Gasteiger partial charge in [-0.1, -0.05) is 24.3 Å². The standard InChI is InChI=1S/C37H32N2O2S3/c1-37(2,3)41-36(40)24(20-38)16-26-18-31-33(42-26)19-32(44-31)30-14-13-29(43-30)21-11-12-28-27(17-21)34-22-9-10-23(15-22)35(34)39(28)25-7-5-4-6-8-25/h4-8,11-14,16-19,22-23,34-35H,9-10,15H2,1-3H3/b24-16+. The summed E-state index contributed by atoms with van der Waals surface area (Å²) in [5, 5.41) is 9.55. The number of carbonyl (C=O) groups is 1. The molecule has 2 saturated carbocycles. The van der Waals surface area contributed by atoms with Crippen LogP contribution in [0.15, 0.2) is 78.4 Å². The molecule has 2 fully saturated rings. The Hall–Kier alpha value is -3.70. The second-order valence-electron chi connectivity index (χ2n) is 13.2. The zero-order valence-electron chi connectivity index (χ0n) is 24.9. The summed E-state index contributed by atoms with van der Waals surface area (Å²) in [6.07, 6.45) is 5.75. The molecule has 0 spiro atoms. The molecule has 3 aromatic heterocycles. The van der Waals surface area contributed by atoms with E-state index >= 15 is 0 Å². The fourth-order valence-electron chi connectivity index (χ4n) is 7.61. The third-order valence-corrected chi connectivity index (χ3v) is 12.8. The number of ether oxygens (including phenoxy) is 1. The van der Waals surface area contributed by atoms with Crippen molar-refractivity contribution < 1.29 is 9.53 Å². The number of para-hydroxylation sites is 1. The van der Waals surface area contributed by atoms with Gasteiger partial charge in [0, 0.05) is 52.2 Å². The Morgan fingerprint density at radius 3 is 2.45 bits per heavy atom. The second-order valence-corrected chi connectivity index (χ2v) is 16.4. The fourth-order valence-corrected chi connectivity index (χ4v) is 11.0. The minimum Gasteiger partial charge on any atom is -0.456 e. The number of rotatable bonds is 5. The molecule has 5 aromatic rings. The van der Waals surface area contributed by atoms with Crippen LogP contribution in [0.1, 0.15) is 56.4 Å². The maximum absolute atomic E-state index is 12.4. The predicted octanol–water partition coefficient (Wildman–Crippen LogP) is 10.6. The van der Waals surface area contributed by atoms with E-state index in [1.54, 1.807) is 55.1 Å². The topological polar surface area (TPSA) is 53.3 Å². The molecule has 2 aromatic carbocycles. The first-order chi connectivity index (χ1) is 21.3. The van der Waals surface area contributed by atoms with Gasteiger partial charge in [0.15, 0.2) is 0 Å². The highest BCUT2D eigenvalue weighted by Gasteiger charge is 2.55. The molecule has 220 valence electrons. The van der Waals surface area contributed by atoms with Crippen molar-refractivity contribution in [3.63, 3.8) is 0 Å². The van der Waals surface area contributed by atoms with Crippen molar-refractivity contribution in [3.8, 4) is 26.3 Å². The van der Waals surface area contributed by atoms with Crippen molar-refractivity contribution in [2.75, 3.05) is 4.90 Å². The van der Waals surface area contributed by atoms with Gasteiger partial charge in [-0.05, 0) is 118 Å². The first kappa shape index (κ1) is 27.8. The Morgan fingerprint density at radius 2 is 1.68 bits per heavy atom. The summed E-state index contributed by atoms with van der Waals surface area (Å²) in [5.41, 5.74) is 4.96. The van der Waals surface area contributed by atoms with Crippen LogP contribution in [0.2, 0.25) is 0 Å². The summed E-state index contributed by atoms with van der Waals surface area (Å²) < 4.78 is 7.72. The third-order valence-electron chi connectivity index (χ3n) is 9.24. The maximum atomic E-state index is 12.4. The van der Waals surface area contributed by atoms with E-state index in [0.29, 0.717) is 12.0 Å². The lowest BCUT2D eigenvalue weighted by Gasteiger charge is -2.33. The molecule has 7 heteroatoms. The van der Waals surface area contributed by atoms with E-state index in [0.717, 1.165) is 26.1 Å². The van der Waals surface area contributed by atoms with Gasteiger partial charge in [0.1, 0.15) is 17.2 Å². The summed E-state index contributed by atoms with van der Waals surface area (Å²) >= 11 is 5.21. The van der Waals surface area contributed by atoms with Gasteiger partial charge in [-0.3, -0.25) is 0 Å². The number of thiophene rings is 3. The van der Waals surface area contributed by atoms with Crippen LogP contribution in [-0.4, -0.2) is 17.6 Å². The molecule has 4 unspecified atom stereocenters. The van der Waals surface area contributed by atoms with Crippen LogP contribution < -0.4 is 4.90 Å². The minimum atomic E-state index is -0.641. The summed E-state index contributed by atoms with van der Waals surface area (Å²) in [4.78, 5) is 19.8. The van der Waals surface area contributed by atoms with Crippen molar-refractivity contribution in [2.24, 2.45) is 11.8 Å². The van der Waals surface area contributed by atoms with Gasteiger partial charge in [-0.25, -0.2) is 4.79 Å². The van der Waals surface area contributed by atoms with Gasteiger partial charge < -0.3 is 9.64 Å². The lowest BCUT2D eigenvalue weighted by atomic mass is 9.82. The van der Waals surface area contributed by atoms with Crippen LogP contribution in [0.3, 0.4) is 0 Å². The highest BCUT2D eigenvalue weighted by Crippen LogP contribution is 2.62. The van der Waals surface area contributed by atoms with Crippen molar-refractivity contribution >= 4 is 66.8 Å². The lowest BCUT2D eigenvalue weighted by molar-refractivity contribution is -0.149. The number of carbonyl (C=O) groups excluding carboxylic acids is 1. The molecule has 8 rings (SSSR count). The van der Waals surface area contributed by atoms with Crippen molar-refractivity contribution in [2.45, 2.75) is 57.6 Å². The SMILES string of the molecule is CC(C)(C)OC(=O)/C(C#N)=C/c1cc2sc(-c3ccc(-c4ccc5c(c4)C4C6CCC(C6)C4N5c4ccccc4)s3)cc2s1. The molecule has 2 bridgehead atoms. The average Bonchev–Trinajstić information content (AvgIpc) is 3.83. The molecule has 0 N–H and O–H groups in total. The van der Waals surface area contributed by atoms with E-state index in [9.17, 15) is 10.1 Å². The largest absolute Gasteiger partial charge is 0.456 e. The Morgan fingerprint density at radius 1 is 0.909 bits per heavy atom. The normalized spacial score (nSPS) is 22.3. The highest BCUT2D eigenvalue weighted by atomic mass is 32.1. The third kappa shape index (κ3) is 4.72. The second kappa shape index (κ2) is 10.4. The molecule has 0 amide bonds. The maximum Gasteiger partial charge on any atom is 0.349 e. The molecular weight excluding hydrogens is 601 g/mol. The van der Waals surface area contributed by atoms with Crippen molar-refractivity contribution in [1.29, 1.82) is 5.26 Å². The van der Waals surface area contributed by atoms with Crippen molar-refractivity contribution in [3.05, 3.63) is 88.8 Å². The molecule has 4 nitrogen and oxygen atoms in total. The minimum absolute atomic E-state index is 0.0231. The summed E-state index contributed by atoms with van der Waals surface area (Å²) in [7, 11) is 0. The van der Waals surface area contributed by atoms with E-state index in [2.05, 4.69) is 77.7 Å². The quantitative estimate of drug-likeness (QED) is 0.110. The predicted molar refractivity (Wildman–Crippen MR) is 184 cm³/mol. The molecule has 1 aliphatic heterocycles. The number of benzene rings is 2. The van der Waals surface area contributed by atoms with Crippen LogP contribution in [0.4, 0.5) is 11.4 Å². The summed E-state index contributed by atoms with van der Waals surface area (Å²) in [6, 6.07) is 29.6. The highest BCUT2D eigenvalue weighted by molar-refractivity contribution is 7.31. The number of nitrogens with zero attached hydrogens (tertiary/aromatic N) is 2. The Balaban J connectivity index is 1.07. The van der Waals surface area contributed by atoms with E-state index < -0.39 is 11.6 Å². The molecule has 0 saturated heterocycles. The first-order valence-electron chi connectivity index (χ1n) is 15.2. The van der Waals surface area contributed by atoms with Crippen molar-refractivity contribution in [1.82, 2.24) is 0 Å². The molecule has 3 aliphatic rings. The molecule has 44 heavy (non-hydrogen) atoms. The molecule has 0 radical (unpaired) electrons. The van der Waals surface area contributed by atoms with Crippen LogP contribution in [0, 0.1) is 23.2 Å². The monoisotopic (exact) mass is 632 g/mol. The van der Waals surface area contributed by atoms with Gasteiger partial charge in [0.05, 0.1) is 0 Å².